The highest BCUT2D eigenvalue weighted by Crippen LogP contribution is 2.18. The van der Waals surface area contributed by atoms with Crippen LogP contribution in [0.15, 0.2) is 53.8 Å². The molecule has 0 atom stereocenters. The summed E-state index contributed by atoms with van der Waals surface area (Å²) in [6.45, 7) is 4.51. The molecule has 0 spiro atoms. The number of aliphatic imine (C=N–C) groups is 1. The van der Waals surface area contributed by atoms with E-state index in [1.165, 1.54) is 6.07 Å². The SMILES string of the molecule is CCNC(=NCc1ccccc1[N+](=O)[O-])NCCn1cccc1. The van der Waals surface area contributed by atoms with Crippen molar-refractivity contribution in [2.24, 2.45) is 4.99 Å². The first-order chi connectivity index (χ1) is 11.2. The number of aromatic nitrogens is 1. The molecule has 7 nitrogen and oxygen atoms in total. The van der Waals surface area contributed by atoms with Crippen LogP contribution in [0.3, 0.4) is 0 Å². The second-order valence-corrected chi connectivity index (χ2v) is 4.93. The molecule has 0 aliphatic heterocycles. The summed E-state index contributed by atoms with van der Waals surface area (Å²) in [4.78, 5) is 15.1. The third kappa shape index (κ3) is 5.14. The fourth-order valence-electron chi connectivity index (χ4n) is 2.15. The van der Waals surface area contributed by atoms with Gasteiger partial charge in [-0.3, -0.25) is 10.1 Å². The smallest absolute Gasteiger partial charge is 0.274 e. The van der Waals surface area contributed by atoms with Crippen LogP contribution in [-0.2, 0) is 13.1 Å². The monoisotopic (exact) mass is 315 g/mol. The molecular weight excluding hydrogens is 294 g/mol. The molecule has 2 N–H and O–H groups in total. The molecule has 7 heteroatoms. The summed E-state index contributed by atoms with van der Waals surface area (Å²) >= 11 is 0. The number of benzene rings is 1. The van der Waals surface area contributed by atoms with Crippen LogP contribution in [0.25, 0.3) is 0 Å². The Bertz CT molecular complexity index is 652. The molecule has 2 aromatic rings. The van der Waals surface area contributed by atoms with Crippen molar-refractivity contribution in [1.29, 1.82) is 0 Å². The van der Waals surface area contributed by atoms with Crippen molar-refractivity contribution in [2.75, 3.05) is 13.1 Å². The van der Waals surface area contributed by atoms with Crippen molar-refractivity contribution in [2.45, 2.75) is 20.0 Å². The Morgan fingerprint density at radius 3 is 2.65 bits per heavy atom. The van der Waals surface area contributed by atoms with Crippen molar-refractivity contribution < 1.29 is 4.92 Å². The molecule has 1 aromatic heterocycles. The van der Waals surface area contributed by atoms with E-state index in [9.17, 15) is 10.1 Å². The first-order valence-electron chi connectivity index (χ1n) is 7.56. The van der Waals surface area contributed by atoms with Gasteiger partial charge in [0.15, 0.2) is 5.96 Å². The summed E-state index contributed by atoms with van der Waals surface area (Å²) in [5, 5.41) is 17.4. The van der Waals surface area contributed by atoms with Gasteiger partial charge in [-0.1, -0.05) is 18.2 Å². The number of nitro groups is 1. The summed E-state index contributed by atoms with van der Waals surface area (Å²) in [7, 11) is 0. The predicted octanol–water partition coefficient (Wildman–Crippen LogP) is 2.15. The van der Waals surface area contributed by atoms with Crippen LogP contribution in [0.2, 0.25) is 0 Å². The van der Waals surface area contributed by atoms with Gasteiger partial charge in [0.2, 0.25) is 0 Å². The average Bonchev–Trinajstić information content (AvgIpc) is 3.06. The van der Waals surface area contributed by atoms with Crippen molar-refractivity contribution in [3.63, 3.8) is 0 Å². The number of nitrogens with zero attached hydrogens (tertiary/aromatic N) is 3. The molecule has 122 valence electrons. The second-order valence-electron chi connectivity index (χ2n) is 4.93. The Morgan fingerprint density at radius 2 is 1.96 bits per heavy atom. The summed E-state index contributed by atoms with van der Waals surface area (Å²) < 4.78 is 2.07. The Morgan fingerprint density at radius 1 is 1.22 bits per heavy atom. The zero-order chi connectivity index (χ0) is 16.5. The van der Waals surface area contributed by atoms with Gasteiger partial charge in [-0.25, -0.2) is 4.99 Å². The van der Waals surface area contributed by atoms with Gasteiger partial charge in [-0.05, 0) is 19.1 Å². The minimum atomic E-state index is -0.378. The van der Waals surface area contributed by atoms with Crippen molar-refractivity contribution in [1.82, 2.24) is 15.2 Å². The van der Waals surface area contributed by atoms with Crippen LogP contribution in [0, 0.1) is 10.1 Å². The molecule has 0 saturated carbocycles. The molecule has 0 bridgehead atoms. The van der Waals surface area contributed by atoms with E-state index < -0.39 is 0 Å². The number of nitro benzene ring substituents is 1. The fraction of sp³-hybridized carbons (Fsp3) is 0.312. The molecule has 1 heterocycles. The van der Waals surface area contributed by atoms with Crippen LogP contribution < -0.4 is 10.6 Å². The van der Waals surface area contributed by atoms with E-state index in [0.29, 0.717) is 11.5 Å². The normalized spacial score (nSPS) is 11.3. The first kappa shape index (κ1) is 16.5. The first-order valence-corrected chi connectivity index (χ1v) is 7.56. The summed E-state index contributed by atoms with van der Waals surface area (Å²) in [5.74, 6) is 0.651. The highest BCUT2D eigenvalue weighted by molar-refractivity contribution is 5.79. The maximum Gasteiger partial charge on any atom is 0.274 e. The van der Waals surface area contributed by atoms with Crippen LogP contribution in [0.4, 0.5) is 5.69 Å². The molecule has 0 radical (unpaired) electrons. The fourth-order valence-corrected chi connectivity index (χ4v) is 2.15. The van der Waals surface area contributed by atoms with Gasteiger partial charge in [0.1, 0.15) is 0 Å². The largest absolute Gasteiger partial charge is 0.357 e. The number of para-hydroxylation sites is 1. The maximum absolute atomic E-state index is 11.0. The minimum absolute atomic E-state index is 0.0967. The van der Waals surface area contributed by atoms with Crippen LogP contribution >= 0.6 is 0 Å². The number of nitrogens with one attached hydrogen (secondary N) is 2. The standard InChI is InChI=1S/C16H21N5O2/c1-2-17-16(18-9-12-20-10-5-6-11-20)19-13-14-7-3-4-8-15(14)21(22)23/h3-8,10-11H,2,9,12-13H2,1H3,(H2,17,18,19). The van der Waals surface area contributed by atoms with E-state index in [0.717, 1.165) is 19.6 Å². The molecule has 0 aliphatic rings. The Labute approximate surface area is 135 Å². The summed E-state index contributed by atoms with van der Waals surface area (Å²) in [6.07, 6.45) is 4.00. The number of guanidine groups is 1. The van der Waals surface area contributed by atoms with Gasteiger partial charge < -0.3 is 15.2 Å². The lowest BCUT2D eigenvalue weighted by Crippen LogP contribution is -2.38. The van der Waals surface area contributed by atoms with E-state index in [1.807, 2.05) is 31.5 Å². The average molecular weight is 315 g/mol. The third-order valence-electron chi connectivity index (χ3n) is 3.27. The Hall–Kier alpha value is -2.83. The zero-order valence-electron chi connectivity index (χ0n) is 13.1. The molecule has 0 aliphatic carbocycles. The maximum atomic E-state index is 11.0. The van der Waals surface area contributed by atoms with Crippen LogP contribution in [-0.4, -0.2) is 28.5 Å². The molecule has 2 rings (SSSR count). The third-order valence-corrected chi connectivity index (χ3v) is 3.27. The molecule has 0 fully saturated rings. The van der Waals surface area contributed by atoms with E-state index in [4.69, 9.17) is 0 Å². The van der Waals surface area contributed by atoms with Crippen LogP contribution in [0.5, 0.6) is 0 Å². The molecule has 23 heavy (non-hydrogen) atoms. The summed E-state index contributed by atoms with van der Waals surface area (Å²) in [5.41, 5.74) is 0.694. The van der Waals surface area contributed by atoms with Gasteiger partial charge in [0.05, 0.1) is 17.0 Å². The molecular formula is C16H21N5O2. The molecule has 0 unspecified atom stereocenters. The lowest BCUT2D eigenvalue weighted by molar-refractivity contribution is -0.385. The van der Waals surface area contributed by atoms with Gasteiger partial charge >= 0.3 is 0 Å². The van der Waals surface area contributed by atoms with E-state index in [-0.39, 0.29) is 17.2 Å². The van der Waals surface area contributed by atoms with E-state index in [2.05, 4.69) is 20.2 Å². The van der Waals surface area contributed by atoms with E-state index in [1.54, 1.807) is 18.2 Å². The zero-order valence-corrected chi connectivity index (χ0v) is 13.1. The van der Waals surface area contributed by atoms with Crippen molar-refractivity contribution in [3.8, 4) is 0 Å². The molecule has 1 aromatic carbocycles. The van der Waals surface area contributed by atoms with Crippen molar-refractivity contribution >= 4 is 11.6 Å². The number of hydrogen-bond donors (Lipinski definition) is 2. The van der Waals surface area contributed by atoms with Gasteiger partial charge in [0.25, 0.3) is 5.69 Å². The lowest BCUT2D eigenvalue weighted by atomic mass is 10.2. The minimum Gasteiger partial charge on any atom is -0.357 e. The topological polar surface area (TPSA) is 84.5 Å². The van der Waals surface area contributed by atoms with Crippen molar-refractivity contribution in [3.05, 3.63) is 64.5 Å². The highest BCUT2D eigenvalue weighted by Gasteiger charge is 2.11. The van der Waals surface area contributed by atoms with Gasteiger partial charge in [-0.2, -0.15) is 0 Å². The van der Waals surface area contributed by atoms with E-state index >= 15 is 0 Å². The highest BCUT2D eigenvalue weighted by atomic mass is 16.6. The quantitative estimate of drug-likeness (QED) is 0.355. The van der Waals surface area contributed by atoms with Gasteiger partial charge in [0, 0.05) is 38.1 Å². The Balaban J connectivity index is 1.96. The second kappa shape index (κ2) is 8.57. The Kier molecular flexibility index (Phi) is 6.17. The van der Waals surface area contributed by atoms with Crippen LogP contribution in [0.1, 0.15) is 12.5 Å². The summed E-state index contributed by atoms with van der Waals surface area (Å²) in [6, 6.07) is 10.6. The lowest BCUT2D eigenvalue weighted by Gasteiger charge is -2.11. The number of rotatable bonds is 7. The molecule has 0 amide bonds. The predicted molar refractivity (Wildman–Crippen MR) is 90.3 cm³/mol. The van der Waals surface area contributed by atoms with Gasteiger partial charge in [-0.15, -0.1) is 0 Å². The number of hydrogen-bond acceptors (Lipinski definition) is 3. The molecule has 0 saturated heterocycles.